The highest BCUT2D eigenvalue weighted by atomic mass is 16.3. The Bertz CT molecular complexity index is 1140. The quantitative estimate of drug-likeness (QED) is 0.508. The lowest BCUT2D eigenvalue weighted by atomic mass is 10.0. The van der Waals surface area contributed by atoms with Gasteiger partial charge < -0.3 is 9.32 Å². The molecule has 0 fully saturated rings. The van der Waals surface area contributed by atoms with E-state index in [1.807, 2.05) is 41.3 Å². The summed E-state index contributed by atoms with van der Waals surface area (Å²) in [5, 5.41) is 3.35. The molecule has 0 spiro atoms. The van der Waals surface area contributed by atoms with E-state index in [1.54, 1.807) is 6.26 Å². The highest BCUT2D eigenvalue weighted by Crippen LogP contribution is 2.34. The van der Waals surface area contributed by atoms with Crippen molar-refractivity contribution in [2.45, 2.75) is 25.8 Å². The number of hydrogen-bond donors (Lipinski definition) is 0. The Labute approximate surface area is 151 Å². The molecule has 1 atom stereocenters. The molecule has 0 aliphatic carbocycles. The van der Waals surface area contributed by atoms with Crippen molar-refractivity contribution in [3.63, 3.8) is 0 Å². The van der Waals surface area contributed by atoms with Gasteiger partial charge in [-0.25, -0.2) is 0 Å². The number of carbonyl (C=O) groups is 1. The van der Waals surface area contributed by atoms with Gasteiger partial charge in [0.05, 0.1) is 12.7 Å². The molecule has 0 N–H and O–H groups in total. The van der Waals surface area contributed by atoms with Crippen molar-refractivity contribution in [2.75, 3.05) is 4.90 Å². The van der Waals surface area contributed by atoms with Gasteiger partial charge in [0.1, 0.15) is 5.58 Å². The maximum absolute atomic E-state index is 13.1. The van der Waals surface area contributed by atoms with Crippen LogP contribution in [-0.2, 0) is 17.6 Å². The largest absolute Gasteiger partial charge is 0.464 e. The summed E-state index contributed by atoms with van der Waals surface area (Å²) in [5.41, 5.74) is 4.08. The molecule has 1 amide bonds. The predicted octanol–water partition coefficient (Wildman–Crippen LogP) is 5.11. The van der Waals surface area contributed by atoms with Crippen LogP contribution in [0.25, 0.3) is 21.7 Å². The molecule has 0 bridgehead atoms. The molecule has 1 aromatic heterocycles. The SMILES string of the molecule is C[C@H]1Cc2ccccc2N1C(=O)Cc1coc2ccc3ccccc3c12. The van der Waals surface area contributed by atoms with E-state index in [-0.39, 0.29) is 11.9 Å². The number of carbonyl (C=O) groups excluding carboxylic acids is 1. The van der Waals surface area contributed by atoms with E-state index in [4.69, 9.17) is 4.42 Å². The van der Waals surface area contributed by atoms with Crippen molar-refractivity contribution in [1.82, 2.24) is 0 Å². The Kier molecular flexibility index (Phi) is 3.35. The van der Waals surface area contributed by atoms with Crippen molar-refractivity contribution in [2.24, 2.45) is 0 Å². The van der Waals surface area contributed by atoms with Gasteiger partial charge >= 0.3 is 0 Å². The summed E-state index contributed by atoms with van der Waals surface area (Å²) in [5.74, 6) is 0.123. The first-order valence-electron chi connectivity index (χ1n) is 9.00. The summed E-state index contributed by atoms with van der Waals surface area (Å²) in [7, 11) is 0. The van der Waals surface area contributed by atoms with E-state index in [9.17, 15) is 4.79 Å². The van der Waals surface area contributed by atoms with E-state index < -0.39 is 0 Å². The minimum atomic E-state index is 0.123. The Hall–Kier alpha value is -3.07. The molecule has 5 rings (SSSR count). The minimum absolute atomic E-state index is 0.123. The number of furan rings is 1. The summed E-state index contributed by atoms with van der Waals surface area (Å²) in [6.07, 6.45) is 3.00. The van der Waals surface area contributed by atoms with Gasteiger partial charge in [-0.2, -0.15) is 0 Å². The molecule has 2 heterocycles. The molecule has 128 valence electrons. The number of anilines is 1. The molecule has 0 unspecified atom stereocenters. The van der Waals surface area contributed by atoms with Crippen LogP contribution < -0.4 is 4.90 Å². The summed E-state index contributed by atoms with van der Waals surface area (Å²) < 4.78 is 5.75. The lowest BCUT2D eigenvalue weighted by molar-refractivity contribution is -0.118. The zero-order valence-corrected chi connectivity index (χ0v) is 14.6. The van der Waals surface area contributed by atoms with Crippen molar-refractivity contribution < 1.29 is 9.21 Å². The summed E-state index contributed by atoms with van der Waals surface area (Å²) in [6.45, 7) is 2.11. The van der Waals surface area contributed by atoms with Gasteiger partial charge in [-0.3, -0.25) is 4.79 Å². The Morgan fingerprint density at radius 2 is 1.88 bits per heavy atom. The van der Waals surface area contributed by atoms with Crippen LogP contribution in [0.3, 0.4) is 0 Å². The molecule has 3 nitrogen and oxygen atoms in total. The normalized spacial score (nSPS) is 16.3. The van der Waals surface area contributed by atoms with E-state index in [1.165, 1.54) is 5.56 Å². The second-order valence-corrected chi connectivity index (χ2v) is 7.04. The smallest absolute Gasteiger partial charge is 0.231 e. The maximum Gasteiger partial charge on any atom is 0.231 e. The van der Waals surface area contributed by atoms with Crippen LogP contribution >= 0.6 is 0 Å². The standard InChI is InChI=1S/C23H19NO2/c1-15-12-17-7-3-5-9-20(17)24(15)22(25)13-18-14-26-21-11-10-16-6-2-4-8-19(16)23(18)21/h2-11,14-15H,12-13H2,1H3/t15-/m0/s1. The van der Waals surface area contributed by atoms with Gasteiger partial charge in [0.15, 0.2) is 0 Å². The minimum Gasteiger partial charge on any atom is -0.464 e. The van der Waals surface area contributed by atoms with Gasteiger partial charge in [0, 0.05) is 22.7 Å². The van der Waals surface area contributed by atoms with Crippen LogP contribution in [-0.4, -0.2) is 11.9 Å². The monoisotopic (exact) mass is 341 g/mol. The number of fused-ring (bicyclic) bond motifs is 4. The molecule has 0 saturated carbocycles. The topological polar surface area (TPSA) is 33.5 Å². The summed E-state index contributed by atoms with van der Waals surface area (Å²) >= 11 is 0. The lowest BCUT2D eigenvalue weighted by Crippen LogP contribution is -2.36. The first-order chi connectivity index (χ1) is 12.7. The number of benzene rings is 3. The Balaban J connectivity index is 1.56. The maximum atomic E-state index is 13.1. The van der Waals surface area contributed by atoms with Crippen molar-refractivity contribution in [3.05, 3.63) is 78.1 Å². The molecule has 0 saturated heterocycles. The fourth-order valence-electron chi connectivity index (χ4n) is 4.20. The third kappa shape index (κ3) is 2.24. The second kappa shape index (κ2) is 5.73. The van der Waals surface area contributed by atoms with Crippen LogP contribution in [0, 0.1) is 0 Å². The fraction of sp³-hybridized carbons (Fsp3) is 0.174. The van der Waals surface area contributed by atoms with Crippen LogP contribution in [0.4, 0.5) is 5.69 Å². The number of rotatable bonds is 2. The number of para-hydroxylation sites is 1. The van der Waals surface area contributed by atoms with Gasteiger partial charge in [-0.05, 0) is 41.8 Å². The first-order valence-corrected chi connectivity index (χ1v) is 9.00. The van der Waals surface area contributed by atoms with Crippen molar-refractivity contribution in [3.8, 4) is 0 Å². The molecule has 1 aliphatic rings. The highest BCUT2D eigenvalue weighted by Gasteiger charge is 2.30. The van der Waals surface area contributed by atoms with Crippen molar-refractivity contribution >= 4 is 33.3 Å². The number of nitrogens with zero attached hydrogens (tertiary/aromatic N) is 1. The molecular weight excluding hydrogens is 322 g/mol. The van der Waals surface area contributed by atoms with Gasteiger partial charge in [-0.15, -0.1) is 0 Å². The average Bonchev–Trinajstić information content (AvgIpc) is 3.21. The van der Waals surface area contributed by atoms with Crippen molar-refractivity contribution in [1.29, 1.82) is 0 Å². The summed E-state index contributed by atoms with van der Waals surface area (Å²) in [4.78, 5) is 15.1. The highest BCUT2D eigenvalue weighted by molar-refractivity contribution is 6.09. The van der Waals surface area contributed by atoms with E-state index in [2.05, 4.69) is 31.2 Å². The third-order valence-electron chi connectivity index (χ3n) is 5.36. The molecule has 26 heavy (non-hydrogen) atoms. The summed E-state index contributed by atoms with van der Waals surface area (Å²) in [6, 6.07) is 20.7. The van der Waals surface area contributed by atoms with Gasteiger partial charge in [0.2, 0.25) is 5.91 Å². The Morgan fingerprint density at radius 1 is 1.08 bits per heavy atom. The fourth-order valence-corrected chi connectivity index (χ4v) is 4.20. The van der Waals surface area contributed by atoms with Crippen LogP contribution in [0.5, 0.6) is 0 Å². The molecule has 0 radical (unpaired) electrons. The zero-order valence-electron chi connectivity index (χ0n) is 14.6. The second-order valence-electron chi connectivity index (χ2n) is 7.04. The lowest BCUT2D eigenvalue weighted by Gasteiger charge is -2.22. The number of amides is 1. The van der Waals surface area contributed by atoms with Crippen LogP contribution in [0.15, 0.2) is 71.3 Å². The van der Waals surface area contributed by atoms with E-state index in [0.717, 1.165) is 39.4 Å². The van der Waals surface area contributed by atoms with E-state index >= 15 is 0 Å². The predicted molar refractivity (Wildman–Crippen MR) is 105 cm³/mol. The van der Waals surface area contributed by atoms with Crippen LogP contribution in [0.2, 0.25) is 0 Å². The van der Waals surface area contributed by atoms with Gasteiger partial charge in [0.25, 0.3) is 0 Å². The van der Waals surface area contributed by atoms with Gasteiger partial charge in [-0.1, -0.05) is 48.5 Å². The zero-order chi connectivity index (χ0) is 17.7. The Morgan fingerprint density at radius 3 is 2.81 bits per heavy atom. The van der Waals surface area contributed by atoms with Crippen LogP contribution in [0.1, 0.15) is 18.1 Å². The third-order valence-corrected chi connectivity index (χ3v) is 5.36. The molecule has 4 aromatic rings. The number of hydrogen-bond acceptors (Lipinski definition) is 2. The molecular formula is C23H19NO2. The molecule has 3 heteroatoms. The molecule has 3 aromatic carbocycles. The van der Waals surface area contributed by atoms with E-state index in [0.29, 0.717) is 6.42 Å². The molecule has 1 aliphatic heterocycles. The first kappa shape index (κ1) is 15.2. The average molecular weight is 341 g/mol.